The lowest BCUT2D eigenvalue weighted by Crippen LogP contribution is -2.23. The van der Waals surface area contributed by atoms with Gasteiger partial charge in [0.25, 0.3) is 0 Å². The summed E-state index contributed by atoms with van der Waals surface area (Å²) >= 11 is 1.35. The molecule has 0 unspecified atom stereocenters. The highest BCUT2D eigenvalue weighted by Crippen LogP contribution is 2.31. The summed E-state index contributed by atoms with van der Waals surface area (Å²) in [5.74, 6) is -0.360. The quantitative estimate of drug-likeness (QED) is 0.254. The van der Waals surface area contributed by atoms with Crippen molar-refractivity contribution in [3.63, 3.8) is 0 Å². The standard InChI is InChI=1S/C29H24FNOS/c30-25-19-21-26(22-20-25)31(33-27-15-8-3-9-16-27)29(32)18-10-17-28(23-11-4-1-5-12-23)24-13-6-2-7-14-24/h1-9,11-17,19-22H,10,18H2. The smallest absolute Gasteiger partial charge is 0.237 e. The van der Waals surface area contributed by atoms with Crippen LogP contribution in [0.25, 0.3) is 5.57 Å². The van der Waals surface area contributed by atoms with Crippen molar-refractivity contribution in [2.45, 2.75) is 17.7 Å². The summed E-state index contributed by atoms with van der Waals surface area (Å²) in [6.07, 6.45) is 3.05. The molecule has 0 aliphatic heterocycles. The molecule has 0 N–H and O–H groups in total. The van der Waals surface area contributed by atoms with Crippen molar-refractivity contribution in [3.8, 4) is 0 Å². The van der Waals surface area contributed by atoms with Crippen LogP contribution >= 0.6 is 11.9 Å². The van der Waals surface area contributed by atoms with Crippen molar-refractivity contribution < 1.29 is 9.18 Å². The van der Waals surface area contributed by atoms with Gasteiger partial charge in [-0.2, -0.15) is 0 Å². The van der Waals surface area contributed by atoms with E-state index < -0.39 is 0 Å². The Morgan fingerprint density at radius 3 is 1.79 bits per heavy atom. The van der Waals surface area contributed by atoms with Crippen molar-refractivity contribution in [2.24, 2.45) is 0 Å². The zero-order valence-electron chi connectivity index (χ0n) is 18.1. The first-order valence-corrected chi connectivity index (χ1v) is 11.6. The molecule has 2 nitrogen and oxygen atoms in total. The third-order valence-corrected chi connectivity index (χ3v) is 6.18. The minimum absolute atomic E-state index is 0.0350. The van der Waals surface area contributed by atoms with Crippen molar-refractivity contribution in [1.29, 1.82) is 0 Å². The molecule has 1 amide bonds. The van der Waals surface area contributed by atoms with Gasteiger partial charge < -0.3 is 0 Å². The van der Waals surface area contributed by atoms with E-state index in [-0.39, 0.29) is 11.7 Å². The van der Waals surface area contributed by atoms with E-state index in [4.69, 9.17) is 0 Å². The van der Waals surface area contributed by atoms with Crippen LogP contribution in [0.15, 0.2) is 126 Å². The molecular weight excluding hydrogens is 429 g/mol. The van der Waals surface area contributed by atoms with Gasteiger partial charge in [0.1, 0.15) is 5.82 Å². The molecule has 4 aromatic carbocycles. The maximum Gasteiger partial charge on any atom is 0.237 e. The van der Waals surface area contributed by atoms with Gasteiger partial charge >= 0.3 is 0 Å². The van der Waals surface area contributed by atoms with Gasteiger partial charge in [0.15, 0.2) is 0 Å². The molecule has 4 aromatic rings. The maximum absolute atomic E-state index is 13.5. The summed E-state index contributed by atoms with van der Waals surface area (Å²) in [5.41, 5.74) is 3.99. The Balaban J connectivity index is 1.55. The van der Waals surface area contributed by atoms with Crippen LogP contribution in [0.2, 0.25) is 0 Å². The number of carbonyl (C=O) groups excluding carboxylic acids is 1. The number of benzene rings is 4. The largest absolute Gasteiger partial charge is 0.274 e. The first-order valence-electron chi connectivity index (χ1n) is 10.8. The first kappa shape index (κ1) is 22.6. The molecule has 0 spiro atoms. The molecular formula is C29H24FNOS. The molecule has 0 saturated carbocycles. The third kappa shape index (κ3) is 6.21. The predicted octanol–water partition coefficient (Wildman–Crippen LogP) is 7.78. The Kier molecular flexibility index (Phi) is 7.72. The zero-order valence-corrected chi connectivity index (χ0v) is 18.9. The molecule has 0 heterocycles. The van der Waals surface area contributed by atoms with E-state index in [0.717, 1.165) is 21.6 Å². The van der Waals surface area contributed by atoms with E-state index in [0.29, 0.717) is 18.5 Å². The van der Waals surface area contributed by atoms with E-state index >= 15 is 0 Å². The van der Waals surface area contributed by atoms with Crippen LogP contribution in [-0.2, 0) is 4.79 Å². The minimum atomic E-state index is -0.325. The highest BCUT2D eigenvalue weighted by atomic mass is 32.2. The van der Waals surface area contributed by atoms with E-state index in [9.17, 15) is 9.18 Å². The van der Waals surface area contributed by atoms with Crippen LogP contribution in [0.4, 0.5) is 10.1 Å². The lowest BCUT2D eigenvalue weighted by molar-refractivity contribution is -0.117. The lowest BCUT2D eigenvalue weighted by atomic mass is 9.96. The van der Waals surface area contributed by atoms with Gasteiger partial charge in [0.2, 0.25) is 5.91 Å². The van der Waals surface area contributed by atoms with Gasteiger partial charge in [-0.15, -0.1) is 0 Å². The van der Waals surface area contributed by atoms with Crippen LogP contribution < -0.4 is 4.31 Å². The average molecular weight is 454 g/mol. The maximum atomic E-state index is 13.5. The van der Waals surface area contributed by atoms with E-state index in [1.54, 1.807) is 16.4 Å². The van der Waals surface area contributed by atoms with Crippen LogP contribution in [0, 0.1) is 5.82 Å². The molecule has 33 heavy (non-hydrogen) atoms. The van der Waals surface area contributed by atoms with Crippen LogP contribution in [0.1, 0.15) is 24.0 Å². The van der Waals surface area contributed by atoms with E-state index in [2.05, 4.69) is 30.3 Å². The summed E-state index contributed by atoms with van der Waals surface area (Å²) in [5, 5.41) is 0. The molecule has 0 saturated heterocycles. The summed E-state index contributed by atoms with van der Waals surface area (Å²) in [7, 11) is 0. The molecule has 0 aromatic heterocycles. The number of hydrogen-bond donors (Lipinski definition) is 0. The van der Waals surface area contributed by atoms with Crippen LogP contribution in [0.3, 0.4) is 0 Å². The average Bonchev–Trinajstić information content (AvgIpc) is 2.87. The molecule has 0 bridgehead atoms. The van der Waals surface area contributed by atoms with Crippen LogP contribution in [-0.4, -0.2) is 5.91 Å². The second kappa shape index (κ2) is 11.3. The molecule has 4 rings (SSSR count). The normalized spacial score (nSPS) is 10.5. The summed E-state index contributed by atoms with van der Waals surface area (Å²) in [6, 6.07) is 36.1. The van der Waals surface area contributed by atoms with Gasteiger partial charge in [0.05, 0.1) is 5.69 Å². The predicted molar refractivity (Wildman–Crippen MR) is 135 cm³/mol. The third-order valence-electron chi connectivity index (χ3n) is 5.10. The number of hydrogen-bond acceptors (Lipinski definition) is 2. The summed E-state index contributed by atoms with van der Waals surface area (Å²) < 4.78 is 15.1. The second-order valence-corrected chi connectivity index (χ2v) is 8.48. The number of allylic oxidation sites excluding steroid dienone is 1. The summed E-state index contributed by atoms with van der Waals surface area (Å²) in [4.78, 5) is 14.2. The first-order chi connectivity index (χ1) is 16.2. The Bertz CT molecular complexity index is 1150. The molecule has 164 valence electrons. The number of anilines is 1. The summed E-state index contributed by atoms with van der Waals surface area (Å²) in [6.45, 7) is 0. The zero-order chi connectivity index (χ0) is 22.9. The van der Waals surface area contributed by atoms with Gasteiger partial charge in [-0.1, -0.05) is 84.9 Å². The molecule has 0 fully saturated rings. The number of carbonyl (C=O) groups is 1. The van der Waals surface area contributed by atoms with E-state index in [1.165, 1.54) is 24.1 Å². The van der Waals surface area contributed by atoms with Crippen molar-refractivity contribution in [1.82, 2.24) is 0 Å². The van der Waals surface area contributed by atoms with E-state index in [1.807, 2.05) is 66.7 Å². The van der Waals surface area contributed by atoms with Crippen molar-refractivity contribution >= 4 is 29.1 Å². The Labute approximate surface area is 198 Å². The van der Waals surface area contributed by atoms with Crippen molar-refractivity contribution in [2.75, 3.05) is 4.31 Å². The SMILES string of the molecule is O=C(CCC=C(c1ccccc1)c1ccccc1)N(Sc1ccccc1)c1ccc(F)cc1. The minimum Gasteiger partial charge on any atom is -0.274 e. The van der Waals surface area contributed by atoms with Gasteiger partial charge in [-0.25, -0.2) is 8.70 Å². The molecule has 0 aliphatic rings. The highest BCUT2D eigenvalue weighted by molar-refractivity contribution is 8.01. The topological polar surface area (TPSA) is 20.3 Å². The molecule has 4 heteroatoms. The Hall–Kier alpha value is -3.63. The fourth-order valence-electron chi connectivity index (χ4n) is 3.49. The van der Waals surface area contributed by atoms with Crippen molar-refractivity contribution in [3.05, 3.63) is 138 Å². The lowest BCUT2D eigenvalue weighted by Gasteiger charge is -2.21. The number of halogens is 1. The monoisotopic (exact) mass is 453 g/mol. The number of rotatable bonds is 8. The van der Waals surface area contributed by atoms with Gasteiger partial charge in [-0.3, -0.25) is 4.79 Å². The molecule has 0 radical (unpaired) electrons. The Morgan fingerprint density at radius 1 is 0.727 bits per heavy atom. The van der Waals surface area contributed by atoms with Gasteiger partial charge in [-0.05, 0) is 71.5 Å². The second-order valence-electron chi connectivity index (χ2n) is 7.46. The number of amides is 1. The fourth-order valence-corrected chi connectivity index (χ4v) is 4.40. The molecule has 0 atom stereocenters. The molecule has 0 aliphatic carbocycles. The number of nitrogens with zero attached hydrogens (tertiary/aromatic N) is 1. The van der Waals surface area contributed by atoms with Crippen LogP contribution in [0.5, 0.6) is 0 Å². The highest BCUT2D eigenvalue weighted by Gasteiger charge is 2.17. The van der Waals surface area contributed by atoms with Gasteiger partial charge in [0, 0.05) is 11.3 Å². The Morgan fingerprint density at radius 2 is 1.24 bits per heavy atom. The fraction of sp³-hybridized carbons (Fsp3) is 0.0690.